The van der Waals surface area contributed by atoms with Crippen molar-refractivity contribution in [3.05, 3.63) is 52.3 Å². The van der Waals surface area contributed by atoms with Gasteiger partial charge in [-0.05, 0) is 56.8 Å². The molecule has 0 unspecified atom stereocenters. The molecule has 1 aromatic carbocycles. The first-order valence-electron chi connectivity index (χ1n) is 10.2. The number of nitrogens with zero attached hydrogens (tertiary/aromatic N) is 2. The molecule has 0 aliphatic carbocycles. The van der Waals surface area contributed by atoms with Crippen LogP contribution in [-0.2, 0) is 4.79 Å². The summed E-state index contributed by atoms with van der Waals surface area (Å²) < 4.78 is 0. The van der Waals surface area contributed by atoms with E-state index in [1.54, 1.807) is 17.0 Å². The molecule has 2 heterocycles. The molecule has 0 saturated carbocycles. The largest absolute Gasteiger partial charge is 0.359 e. The fourth-order valence-corrected chi connectivity index (χ4v) is 3.67. The van der Waals surface area contributed by atoms with Crippen LogP contribution in [0.3, 0.4) is 0 Å². The Morgan fingerprint density at radius 2 is 1.83 bits per heavy atom. The molecule has 6 heteroatoms. The topological polar surface area (TPSA) is 68.4 Å². The lowest BCUT2D eigenvalue weighted by Crippen LogP contribution is -2.36. The van der Waals surface area contributed by atoms with E-state index in [-0.39, 0.29) is 11.8 Å². The molecule has 29 heavy (non-hydrogen) atoms. The van der Waals surface area contributed by atoms with Crippen LogP contribution in [0.25, 0.3) is 11.6 Å². The van der Waals surface area contributed by atoms with Crippen molar-refractivity contribution in [1.29, 1.82) is 0 Å². The smallest absolute Gasteiger partial charge is 0.256 e. The highest BCUT2D eigenvalue weighted by molar-refractivity contribution is 6.35. The second-order valence-electron chi connectivity index (χ2n) is 7.58. The lowest BCUT2D eigenvalue weighted by molar-refractivity contribution is -0.110. The number of hydrogen-bond donors (Lipinski definition) is 2. The number of benzene rings is 1. The molecule has 0 spiro atoms. The van der Waals surface area contributed by atoms with Crippen LogP contribution in [0.1, 0.15) is 46.7 Å². The second kappa shape index (κ2) is 8.66. The highest BCUT2D eigenvalue weighted by Gasteiger charge is 2.26. The van der Waals surface area contributed by atoms with Gasteiger partial charge in [-0.15, -0.1) is 0 Å². The fourth-order valence-electron chi connectivity index (χ4n) is 3.67. The summed E-state index contributed by atoms with van der Waals surface area (Å²) in [5.41, 5.74) is 5.78. The number of aromatic nitrogens is 1. The molecule has 1 aliphatic heterocycles. The summed E-state index contributed by atoms with van der Waals surface area (Å²) in [6.07, 6.45) is 1.88. The van der Waals surface area contributed by atoms with E-state index >= 15 is 0 Å². The SMILES string of the molecule is CCN(CC)CCN(C)C(=O)c1ccc2c(c1)NC(=O)/C2=C\c1[nH]c(C)cc1C. The van der Waals surface area contributed by atoms with Crippen molar-refractivity contribution >= 4 is 29.2 Å². The Balaban J connectivity index is 1.80. The Labute approximate surface area is 172 Å². The zero-order valence-electron chi connectivity index (χ0n) is 17.9. The third-order valence-electron chi connectivity index (χ3n) is 5.52. The summed E-state index contributed by atoms with van der Waals surface area (Å²) >= 11 is 0. The zero-order chi connectivity index (χ0) is 21.1. The number of hydrogen-bond acceptors (Lipinski definition) is 3. The second-order valence-corrected chi connectivity index (χ2v) is 7.58. The molecule has 0 bridgehead atoms. The molecule has 6 nitrogen and oxygen atoms in total. The number of fused-ring (bicyclic) bond motifs is 1. The predicted molar refractivity (Wildman–Crippen MR) is 118 cm³/mol. The molecule has 2 amide bonds. The number of amides is 2. The van der Waals surface area contributed by atoms with Gasteiger partial charge in [0.2, 0.25) is 0 Å². The van der Waals surface area contributed by atoms with Crippen molar-refractivity contribution in [3.63, 3.8) is 0 Å². The van der Waals surface area contributed by atoms with Crippen LogP contribution in [0.5, 0.6) is 0 Å². The molecular formula is C23H30N4O2. The summed E-state index contributed by atoms with van der Waals surface area (Å²) in [4.78, 5) is 32.6. The van der Waals surface area contributed by atoms with Crippen molar-refractivity contribution in [3.8, 4) is 0 Å². The highest BCUT2D eigenvalue weighted by Crippen LogP contribution is 2.34. The van der Waals surface area contributed by atoms with Crippen LogP contribution in [0.15, 0.2) is 24.3 Å². The number of aromatic amines is 1. The minimum absolute atomic E-state index is 0.0394. The Hall–Kier alpha value is -2.86. The summed E-state index contributed by atoms with van der Waals surface area (Å²) in [6.45, 7) is 11.7. The van der Waals surface area contributed by atoms with Crippen LogP contribution >= 0.6 is 0 Å². The minimum Gasteiger partial charge on any atom is -0.359 e. The molecule has 3 rings (SSSR count). The van der Waals surface area contributed by atoms with Crippen LogP contribution in [0, 0.1) is 13.8 Å². The standard InChI is InChI=1S/C23H30N4O2/c1-6-27(7-2)11-10-26(5)23(29)17-8-9-18-19(22(28)25-21(18)13-17)14-20-15(3)12-16(4)24-20/h8-9,12-14,24H,6-7,10-11H2,1-5H3,(H,25,28)/b19-14-. The van der Waals surface area contributed by atoms with Crippen molar-refractivity contribution in [1.82, 2.24) is 14.8 Å². The number of anilines is 1. The molecule has 2 N–H and O–H groups in total. The number of rotatable bonds is 7. The number of carbonyl (C=O) groups excluding carboxylic acids is 2. The van der Waals surface area contributed by atoms with Crippen LogP contribution in [-0.4, -0.2) is 59.8 Å². The first kappa shape index (κ1) is 20.9. The first-order chi connectivity index (χ1) is 13.8. The lowest BCUT2D eigenvalue weighted by atomic mass is 10.0. The quantitative estimate of drug-likeness (QED) is 0.706. The van der Waals surface area contributed by atoms with Gasteiger partial charge in [-0.2, -0.15) is 0 Å². The molecule has 1 aliphatic rings. The molecule has 0 radical (unpaired) electrons. The van der Waals surface area contributed by atoms with Crippen molar-refractivity contribution in [2.24, 2.45) is 0 Å². The maximum atomic E-state index is 12.8. The Kier molecular flexibility index (Phi) is 6.23. The first-order valence-corrected chi connectivity index (χ1v) is 10.2. The predicted octanol–water partition coefficient (Wildman–Crippen LogP) is 3.54. The maximum absolute atomic E-state index is 12.8. The van der Waals surface area contributed by atoms with Crippen LogP contribution in [0.2, 0.25) is 0 Å². The van der Waals surface area contributed by atoms with Gasteiger partial charge in [0.05, 0.1) is 5.57 Å². The molecule has 0 atom stereocenters. The molecule has 0 saturated heterocycles. The van der Waals surface area contributed by atoms with Gasteiger partial charge in [0.15, 0.2) is 0 Å². The lowest BCUT2D eigenvalue weighted by Gasteiger charge is -2.23. The van der Waals surface area contributed by atoms with Gasteiger partial charge in [-0.25, -0.2) is 0 Å². The third kappa shape index (κ3) is 4.43. The van der Waals surface area contributed by atoms with Gasteiger partial charge >= 0.3 is 0 Å². The van der Waals surface area contributed by atoms with E-state index in [2.05, 4.69) is 35.1 Å². The van der Waals surface area contributed by atoms with Crippen molar-refractivity contribution in [2.75, 3.05) is 38.5 Å². The normalized spacial score (nSPS) is 14.4. The Morgan fingerprint density at radius 3 is 2.45 bits per heavy atom. The van der Waals surface area contributed by atoms with Crippen LogP contribution < -0.4 is 5.32 Å². The van der Waals surface area contributed by atoms with E-state index in [9.17, 15) is 9.59 Å². The number of aryl methyl sites for hydroxylation is 2. The fraction of sp³-hybridized carbons (Fsp3) is 0.391. The van der Waals surface area contributed by atoms with E-state index in [0.29, 0.717) is 23.4 Å². The Bertz CT molecular complexity index is 954. The summed E-state index contributed by atoms with van der Waals surface area (Å²) in [5, 5.41) is 2.90. The summed E-state index contributed by atoms with van der Waals surface area (Å²) in [5.74, 6) is -0.186. The Morgan fingerprint density at radius 1 is 1.10 bits per heavy atom. The number of nitrogens with one attached hydrogen (secondary N) is 2. The van der Waals surface area contributed by atoms with Gasteiger partial charge in [0.1, 0.15) is 0 Å². The van der Waals surface area contributed by atoms with E-state index in [1.165, 1.54) is 0 Å². The van der Waals surface area contributed by atoms with E-state index in [1.807, 2.05) is 33.0 Å². The van der Waals surface area contributed by atoms with E-state index in [4.69, 9.17) is 0 Å². The maximum Gasteiger partial charge on any atom is 0.256 e. The van der Waals surface area contributed by atoms with Gasteiger partial charge in [0, 0.05) is 48.3 Å². The van der Waals surface area contributed by atoms with Gasteiger partial charge in [-0.1, -0.05) is 19.9 Å². The average molecular weight is 395 g/mol. The molecule has 1 aromatic heterocycles. The van der Waals surface area contributed by atoms with Gasteiger partial charge < -0.3 is 20.1 Å². The molecule has 154 valence electrons. The number of likely N-dealkylation sites (N-methyl/N-ethyl adjacent to an activating group) is 2. The number of carbonyl (C=O) groups is 2. The van der Waals surface area contributed by atoms with Crippen molar-refractivity contribution in [2.45, 2.75) is 27.7 Å². The molecular weight excluding hydrogens is 364 g/mol. The van der Waals surface area contributed by atoms with E-state index in [0.717, 1.165) is 42.1 Å². The zero-order valence-corrected chi connectivity index (χ0v) is 17.9. The summed E-state index contributed by atoms with van der Waals surface area (Å²) in [7, 11) is 1.82. The minimum atomic E-state index is -0.147. The van der Waals surface area contributed by atoms with Gasteiger partial charge in [0.25, 0.3) is 11.8 Å². The van der Waals surface area contributed by atoms with Crippen LogP contribution in [0.4, 0.5) is 5.69 Å². The summed E-state index contributed by atoms with van der Waals surface area (Å²) in [6, 6.07) is 7.48. The highest BCUT2D eigenvalue weighted by atomic mass is 16.2. The molecule has 2 aromatic rings. The molecule has 0 fully saturated rings. The number of H-pyrrole nitrogens is 1. The average Bonchev–Trinajstić information content (AvgIpc) is 3.19. The van der Waals surface area contributed by atoms with E-state index < -0.39 is 0 Å². The monoisotopic (exact) mass is 394 g/mol. The third-order valence-corrected chi connectivity index (χ3v) is 5.52. The van der Waals surface area contributed by atoms with Gasteiger partial charge in [-0.3, -0.25) is 9.59 Å². The van der Waals surface area contributed by atoms with Crippen molar-refractivity contribution < 1.29 is 9.59 Å².